The number of allylic oxidation sites excluding steroid dienone is 3. The lowest BCUT2D eigenvalue weighted by Crippen LogP contribution is -2.20. The lowest BCUT2D eigenvalue weighted by Gasteiger charge is -2.25. The molecule has 0 heterocycles. The zero-order chi connectivity index (χ0) is 27.2. The summed E-state index contributed by atoms with van der Waals surface area (Å²) in [4.78, 5) is 11.7. The first kappa shape index (κ1) is 27.2. The summed E-state index contributed by atoms with van der Waals surface area (Å²) in [5, 5.41) is 10.3. The Labute approximate surface area is 235 Å². The number of carboxylic acid groups (broad SMARTS) is 1. The lowest BCUT2D eigenvalue weighted by molar-refractivity contribution is 0.0696. The SMILES string of the molecule is O=C(O)c1ccc2c(c1)CCCC(c1ccc(Cl)cc1)=C2c1ccc(OC2CCC(=CCCCF)CC2)cc1. The van der Waals surface area contributed by atoms with Crippen LogP contribution in [0.15, 0.2) is 78.4 Å². The lowest BCUT2D eigenvalue weighted by atomic mass is 9.87. The Morgan fingerprint density at radius 2 is 1.67 bits per heavy atom. The minimum Gasteiger partial charge on any atom is -0.490 e. The van der Waals surface area contributed by atoms with Crippen molar-refractivity contribution in [3.8, 4) is 5.75 Å². The average Bonchev–Trinajstić information content (AvgIpc) is 3.14. The molecule has 0 aliphatic heterocycles. The van der Waals surface area contributed by atoms with Gasteiger partial charge in [0, 0.05) is 5.02 Å². The van der Waals surface area contributed by atoms with Crippen molar-refractivity contribution >= 4 is 28.7 Å². The summed E-state index contributed by atoms with van der Waals surface area (Å²) < 4.78 is 18.7. The van der Waals surface area contributed by atoms with Gasteiger partial charge in [0.15, 0.2) is 0 Å². The Hall–Kier alpha value is -3.37. The van der Waals surface area contributed by atoms with Gasteiger partial charge in [-0.05, 0) is 128 Å². The van der Waals surface area contributed by atoms with Gasteiger partial charge in [-0.2, -0.15) is 0 Å². The quantitative estimate of drug-likeness (QED) is 0.227. The highest BCUT2D eigenvalue weighted by Gasteiger charge is 2.22. The molecule has 3 aromatic rings. The van der Waals surface area contributed by atoms with Crippen LogP contribution in [-0.4, -0.2) is 23.9 Å². The molecule has 0 saturated heterocycles. The fourth-order valence-corrected chi connectivity index (χ4v) is 5.88. The van der Waals surface area contributed by atoms with Gasteiger partial charge in [-0.3, -0.25) is 4.39 Å². The van der Waals surface area contributed by atoms with Gasteiger partial charge in [-0.25, -0.2) is 4.79 Å². The Bertz CT molecular complexity index is 1360. The fourth-order valence-electron chi connectivity index (χ4n) is 5.75. The molecule has 0 radical (unpaired) electrons. The van der Waals surface area contributed by atoms with Crippen molar-refractivity contribution in [3.63, 3.8) is 0 Å². The second-order valence-corrected chi connectivity index (χ2v) is 10.9. The van der Waals surface area contributed by atoms with Crippen LogP contribution in [0.4, 0.5) is 4.39 Å². The van der Waals surface area contributed by atoms with Gasteiger partial charge in [0.25, 0.3) is 0 Å². The number of aromatic carboxylic acids is 1. The summed E-state index contributed by atoms with van der Waals surface area (Å²) in [6.07, 6.45) is 10.5. The molecule has 1 fully saturated rings. The van der Waals surface area contributed by atoms with Crippen LogP contribution in [0, 0.1) is 0 Å². The smallest absolute Gasteiger partial charge is 0.335 e. The van der Waals surface area contributed by atoms with Crippen LogP contribution in [0.1, 0.15) is 84.0 Å². The molecule has 1 saturated carbocycles. The highest BCUT2D eigenvalue weighted by Crippen LogP contribution is 2.41. The zero-order valence-electron chi connectivity index (χ0n) is 22.1. The van der Waals surface area contributed by atoms with Crippen molar-refractivity contribution in [3.05, 3.63) is 111 Å². The molecular formula is C34H34ClFO3. The molecule has 1 N–H and O–H groups in total. The monoisotopic (exact) mass is 544 g/mol. The van der Waals surface area contributed by atoms with Gasteiger partial charge in [0.1, 0.15) is 5.75 Å². The summed E-state index contributed by atoms with van der Waals surface area (Å²) in [5.74, 6) is -0.0468. The van der Waals surface area contributed by atoms with Crippen LogP contribution >= 0.6 is 11.6 Å². The molecule has 0 amide bonds. The van der Waals surface area contributed by atoms with Crippen LogP contribution in [0.5, 0.6) is 5.75 Å². The maximum absolute atomic E-state index is 12.4. The molecule has 5 rings (SSSR count). The van der Waals surface area contributed by atoms with Crippen molar-refractivity contribution < 1.29 is 19.0 Å². The molecule has 0 spiro atoms. The van der Waals surface area contributed by atoms with Crippen molar-refractivity contribution in [2.24, 2.45) is 0 Å². The van der Waals surface area contributed by atoms with Gasteiger partial charge in [-0.15, -0.1) is 0 Å². The zero-order valence-corrected chi connectivity index (χ0v) is 22.9. The van der Waals surface area contributed by atoms with Gasteiger partial charge in [0.2, 0.25) is 0 Å². The molecule has 5 heteroatoms. The fraction of sp³-hybridized carbons (Fsp3) is 0.324. The van der Waals surface area contributed by atoms with E-state index in [0.29, 0.717) is 17.0 Å². The van der Waals surface area contributed by atoms with Crippen LogP contribution in [0.25, 0.3) is 11.1 Å². The molecule has 0 aromatic heterocycles. The number of benzene rings is 3. The number of ether oxygens (including phenoxy) is 1. The van der Waals surface area contributed by atoms with E-state index in [1.54, 1.807) is 6.07 Å². The highest BCUT2D eigenvalue weighted by molar-refractivity contribution is 6.30. The number of hydrogen-bond donors (Lipinski definition) is 1. The van der Waals surface area contributed by atoms with E-state index in [1.807, 2.05) is 36.4 Å². The summed E-state index contributed by atoms with van der Waals surface area (Å²) >= 11 is 6.20. The third kappa shape index (κ3) is 6.62. The molecule has 39 heavy (non-hydrogen) atoms. The topological polar surface area (TPSA) is 46.5 Å². The second kappa shape index (κ2) is 12.7. The molecule has 2 aliphatic rings. The van der Waals surface area contributed by atoms with Gasteiger partial charge < -0.3 is 9.84 Å². The minimum absolute atomic E-state index is 0.186. The van der Waals surface area contributed by atoms with E-state index >= 15 is 0 Å². The molecule has 0 atom stereocenters. The number of hydrogen-bond acceptors (Lipinski definition) is 2. The Balaban J connectivity index is 1.43. The Morgan fingerprint density at radius 3 is 2.36 bits per heavy atom. The van der Waals surface area contributed by atoms with Crippen molar-refractivity contribution in [1.29, 1.82) is 0 Å². The van der Waals surface area contributed by atoms with Gasteiger partial charge in [-0.1, -0.05) is 53.6 Å². The van der Waals surface area contributed by atoms with Crippen LogP contribution < -0.4 is 4.74 Å². The summed E-state index contributed by atoms with van der Waals surface area (Å²) in [6.45, 7) is -0.251. The van der Waals surface area contributed by atoms with Gasteiger partial charge in [0.05, 0.1) is 18.3 Å². The largest absolute Gasteiger partial charge is 0.490 e. The number of aryl methyl sites for hydroxylation is 1. The highest BCUT2D eigenvalue weighted by atomic mass is 35.5. The van der Waals surface area contributed by atoms with Crippen LogP contribution in [0.2, 0.25) is 5.02 Å². The number of carboxylic acids is 1. The number of unbranched alkanes of at least 4 members (excludes halogenated alkanes) is 1. The predicted molar refractivity (Wildman–Crippen MR) is 156 cm³/mol. The van der Waals surface area contributed by atoms with Crippen LogP contribution in [0.3, 0.4) is 0 Å². The standard InChI is InChI=1S/C34H34ClFO3/c35-28-14-9-24(10-15-28)31-6-3-5-26-22-27(34(37)38)13-20-32(26)33(31)25-11-18-30(19-12-25)39-29-16-7-23(8-17-29)4-1-2-21-36/h4,9-15,18-20,22,29H,1-3,5-8,16-17,21H2,(H,37,38). The molecule has 202 valence electrons. The normalized spacial score (nSPS) is 17.4. The van der Waals surface area contributed by atoms with Crippen molar-refractivity contribution in [2.75, 3.05) is 6.67 Å². The predicted octanol–water partition coefficient (Wildman–Crippen LogP) is 9.33. The first-order valence-electron chi connectivity index (χ1n) is 13.9. The number of alkyl halides is 1. The number of carbonyl (C=O) groups is 1. The first-order valence-corrected chi connectivity index (χ1v) is 14.3. The molecule has 3 nitrogen and oxygen atoms in total. The average molecular weight is 545 g/mol. The molecule has 2 aliphatic carbocycles. The van der Waals surface area contributed by atoms with E-state index in [9.17, 15) is 14.3 Å². The van der Waals surface area contributed by atoms with E-state index in [4.69, 9.17) is 16.3 Å². The maximum atomic E-state index is 12.4. The molecular weight excluding hydrogens is 511 g/mol. The van der Waals surface area contributed by atoms with E-state index in [1.165, 1.54) is 11.1 Å². The van der Waals surface area contributed by atoms with E-state index in [0.717, 1.165) is 84.9 Å². The van der Waals surface area contributed by atoms with E-state index < -0.39 is 5.97 Å². The number of halogens is 2. The Morgan fingerprint density at radius 1 is 0.949 bits per heavy atom. The first-order chi connectivity index (χ1) is 19.0. The molecule has 3 aromatic carbocycles. The minimum atomic E-state index is -0.905. The number of rotatable bonds is 8. The molecule has 0 bridgehead atoms. The van der Waals surface area contributed by atoms with Crippen molar-refractivity contribution in [2.45, 2.75) is 63.9 Å². The van der Waals surface area contributed by atoms with Crippen molar-refractivity contribution in [1.82, 2.24) is 0 Å². The van der Waals surface area contributed by atoms with E-state index in [2.05, 4.69) is 30.3 Å². The summed E-state index contributed by atoms with van der Waals surface area (Å²) in [6, 6.07) is 21.8. The second-order valence-electron chi connectivity index (χ2n) is 10.4. The summed E-state index contributed by atoms with van der Waals surface area (Å²) in [7, 11) is 0. The maximum Gasteiger partial charge on any atom is 0.335 e. The van der Waals surface area contributed by atoms with E-state index in [-0.39, 0.29) is 12.8 Å². The third-order valence-corrected chi connectivity index (χ3v) is 8.03. The molecule has 0 unspecified atom stereocenters. The van der Waals surface area contributed by atoms with Gasteiger partial charge >= 0.3 is 5.97 Å². The Kier molecular flexibility index (Phi) is 8.83. The van der Waals surface area contributed by atoms with Crippen LogP contribution in [-0.2, 0) is 6.42 Å². The number of fused-ring (bicyclic) bond motifs is 1. The third-order valence-electron chi connectivity index (χ3n) is 7.78. The summed E-state index contributed by atoms with van der Waals surface area (Å²) in [5.41, 5.74) is 8.47.